The van der Waals surface area contributed by atoms with E-state index in [1.54, 1.807) is 0 Å². The minimum Gasteiger partial charge on any atom is -0.350 e. The lowest BCUT2D eigenvalue weighted by atomic mass is 10.0. The summed E-state index contributed by atoms with van der Waals surface area (Å²) in [5.41, 5.74) is 9.33. The normalized spacial score (nSPS) is 11.3. The quantitative estimate of drug-likeness (QED) is 0.401. The number of nitrogens with one attached hydrogen (secondary N) is 1. The van der Waals surface area contributed by atoms with E-state index in [4.69, 9.17) is 5.73 Å². The average molecular weight is 275 g/mol. The zero-order valence-electron chi connectivity index (χ0n) is 12.3. The molecule has 2 amide bonds. The Kier molecular flexibility index (Phi) is 8.11. The van der Waals surface area contributed by atoms with Crippen LogP contribution in [0.1, 0.15) is 57.4 Å². The van der Waals surface area contributed by atoms with Crippen LogP contribution in [0.15, 0.2) is 35.4 Å². The van der Waals surface area contributed by atoms with Gasteiger partial charge in [-0.3, -0.25) is 0 Å². The Morgan fingerprint density at radius 2 is 1.75 bits per heavy atom. The Labute approximate surface area is 121 Å². The van der Waals surface area contributed by atoms with Crippen LogP contribution in [0.25, 0.3) is 0 Å². The molecule has 4 nitrogen and oxygen atoms in total. The SMILES string of the molecule is CCCCCCCC/C(=N\NC(N)=O)c1ccccc1. The molecule has 0 bridgehead atoms. The molecule has 0 saturated heterocycles. The summed E-state index contributed by atoms with van der Waals surface area (Å²) in [7, 11) is 0. The van der Waals surface area contributed by atoms with Crippen LogP contribution in [0.3, 0.4) is 0 Å². The van der Waals surface area contributed by atoms with Crippen LogP contribution in [0.5, 0.6) is 0 Å². The second-order valence-corrected chi connectivity index (χ2v) is 4.92. The summed E-state index contributed by atoms with van der Waals surface area (Å²) in [4.78, 5) is 10.8. The number of nitrogens with two attached hydrogens (primary N) is 1. The smallest absolute Gasteiger partial charge is 0.332 e. The average Bonchev–Trinajstić information content (AvgIpc) is 2.46. The van der Waals surface area contributed by atoms with Crippen molar-refractivity contribution >= 4 is 11.7 Å². The summed E-state index contributed by atoms with van der Waals surface area (Å²) in [5, 5.41) is 4.12. The number of amides is 2. The molecule has 0 heterocycles. The molecule has 110 valence electrons. The van der Waals surface area contributed by atoms with E-state index in [9.17, 15) is 4.79 Å². The molecule has 0 radical (unpaired) electrons. The summed E-state index contributed by atoms with van der Waals surface area (Å²) in [6, 6.07) is 9.28. The second-order valence-electron chi connectivity index (χ2n) is 4.92. The second kappa shape index (κ2) is 10.0. The molecule has 1 aromatic carbocycles. The van der Waals surface area contributed by atoms with Gasteiger partial charge in [-0.05, 0) is 18.4 Å². The maximum Gasteiger partial charge on any atom is 0.332 e. The molecule has 0 spiro atoms. The van der Waals surface area contributed by atoms with Crippen LogP contribution in [-0.2, 0) is 0 Å². The van der Waals surface area contributed by atoms with Crippen molar-refractivity contribution in [2.24, 2.45) is 10.8 Å². The molecule has 0 aliphatic carbocycles. The number of carbonyl (C=O) groups is 1. The van der Waals surface area contributed by atoms with E-state index in [0.717, 1.165) is 24.1 Å². The van der Waals surface area contributed by atoms with Crippen molar-refractivity contribution in [3.8, 4) is 0 Å². The fourth-order valence-corrected chi connectivity index (χ4v) is 2.09. The van der Waals surface area contributed by atoms with Crippen LogP contribution >= 0.6 is 0 Å². The summed E-state index contributed by atoms with van der Waals surface area (Å²) in [6.45, 7) is 2.22. The topological polar surface area (TPSA) is 67.5 Å². The van der Waals surface area contributed by atoms with E-state index < -0.39 is 6.03 Å². The van der Waals surface area contributed by atoms with Crippen molar-refractivity contribution in [3.05, 3.63) is 35.9 Å². The highest BCUT2D eigenvalue weighted by Crippen LogP contribution is 2.11. The van der Waals surface area contributed by atoms with Gasteiger partial charge in [-0.2, -0.15) is 5.10 Å². The summed E-state index contributed by atoms with van der Waals surface area (Å²) in [6.07, 6.45) is 8.27. The van der Waals surface area contributed by atoms with Gasteiger partial charge in [-0.1, -0.05) is 69.4 Å². The van der Waals surface area contributed by atoms with Crippen molar-refractivity contribution in [3.63, 3.8) is 0 Å². The van der Waals surface area contributed by atoms with E-state index in [-0.39, 0.29) is 0 Å². The molecule has 0 atom stereocenters. The molecule has 1 rings (SSSR count). The van der Waals surface area contributed by atoms with Gasteiger partial charge in [0.15, 0.2) is 0 Å². The highest BCUT2D eigenvalue weighted by molar-refractivity contribution is 6.00. The van der Waals surface area contributed by atoms with Crippen molar-refractivity contribution in [2.45, 2.75) is 51.9 Å². The standard InChI is InChI=1S/C16H25N3O/c1-2-3-4-5-6-10-13-15(18-19-16(17)20)14-11-8-7-9-12-14/h7-9,11-12H,2-6,10,13H2,1H3,(H3,17,19,20)/b18-15+. The number of rotatable bonds is 9. The van der Waals surface area contributed by atoms with Gasteiger partial charge in [-0.15, -0.1) is 0 Å². The van der Waals surface area contributed by atoms with Crippen LogP contribution < -0.4 is 11.2 Å². The summed E-state index contributed by atoms with van der Waals surface area (Å²) in [5.74, 6) is 0. The molecule has 4 heteroatoms. The first-order valence-electron chi connectivity index (χ1n) is 7.41. The Bertz CT molecular complexity index is 415. The maximum atomic E-state index is 10.8. The number of benzene rings is 1. The molecule has 0 aliphatic heterocycles. The van der Waals surface area contributed by atoms with Crippen molar-refractivity contribution in [2.75, 3.05) is 0 Å². The fraction of sp³-hybridized carbons (Fsp3) is 0.500. The predicted molar refractivity (Wildman–Crippen MR) is 83.7 cm³/mol. The number of hydrazone groups is 1. The largest absolute Gasteiger partial charge is 0.350 e. The Morgan fingerprint density at radius 3 is 2.40 bits per heavy atom. The molecule has 3 N–H and O–H groups in total. The van der Waals surface area contributed by atoms with Gasteiger partial charge >= 0.3 is 6.03 Å². The minimum atomic E-state index is -0.624. The van der Waals surface area contributed by atoms with Crippen molar-refractivity contribution in [1.82, 2.24) is 5.43 Å². The summed E-state index contributed by atoms with van der Waals surface area (Å²) >= 11 is 0. The number of unbranched alkanes of at least 4 members (excludes halogenated alkanes) is 5. The lowest BCUT2D eigenvalue weighted by Gasteiger charge is -2.07. The van der Waals surface area contributed by atoms with Gasteiger partial charge in [0.2, 0.25) is 0 Å². The first-order valence-corrected chi connectivity index (χ1v) is 7.41. The number of primary amides is 1. The van der Waals surface area contributed by atoms with Crippen LogP contribution in [0, 0.1) is 0 Å². The lowest BCUT2D eigenvalue weighted by molar-refractivity contribution is 0.249. The molecule has 1 aromatic rings. The van der Waals surface area contributed by atoms with E-state index >= 15 is 0 Å². The van der Waals surface area contributed by atoms with Gasteiger partial charge in [-0.25, -0.2) is 10.2 Å². The molecule has 0 fully saturated rings. The Hall–Kier alpha value is -1.84. The number of carbonyl (C=O) groups excluding carboxylic acids is 1. The molecule has 0 aliphatic rings. The highest BCUT2D eigenvalue weighted by Gasteiger charge is 2.04. The zero-order valence-corrected chi connectivity index (χ0v) is 12.3. The van der Waals surface area contributed by atoms with Gasteiger partial charge < -0.3 is 5.73 Å². The number of hydrogen-bond acceptors (Lipinski definition) is 2. The molecule has 0 saturated carbocycles. The number of nitrogens with zero attached hydrogens (tertiary/aromatic N) is 1. The molecule has 0 unspecified atom stereocenters. The predicted octanol–water partition coefficient (Wildman–Crippen LogP) is 3.81. The molecule has 0 aromatic heterocycles. The Morgan fingerprint density at radius 1 is 1.10 bits per heavy atom. The minimum absolute atomic E-state index is 0.624. The first-order chi connectivity index (χ1) is 9.74. The zero-order chi connectivity index (χ0) is 14.6. The van der Waals surface area contributed by atoms with Crippen LogP contribution in [0.4, 0.5) is 4.79 Å². The summed E-state index contributed by atoms with van der Waals surface area (Å²) < 4.78 is 0. The van der Waals surface area contributed by atoms with Gasteiger partial charge in [0, 0.05) is 0 Å². The molecule has 20 heavy (non-hydrogen) atoms. The monoisotopic (exact) mass is 275 g/mol. The third-order valence-corrected chi connectivity index (χ3v) is 3.18. The van der Waals surface area contributed by atoms with Crippen molar-refractivity contribution in [1.29, 1.82) is 0 Å². The van der Waals surface area contributed by atoms with E-state index in [0.29, 0.717) is 0 Å². The van der Waals surface area contributed by atoms with E-state index in [1.807, 2.05) is 30.3 Å². The highest BCUT2D eigenvalue weighted by atomic mass is 16.2. The van der Waals surface area contributed by atoms with Gasteiger partial charge in [0.25, 0.3) is 0 Å². The van der Waals surface area contributed by atoms with Crippen molar-refractivity contribution < 1.29 is 4.79 Å². The Balaban J connectivity index is 2.47. The van der Waals surface area contributed by atoms with Crippen LogP contribution in [-0.4, -0.2) is 11.7 Å². The first kappa shape index (κ1) is 16.2. The third kappa shape index (κ3) is 6.92. The maximum absolute atomic E-state index is 10.8. The molecular weight excluding hydrogens is 250 g/mol. The van der Waals surface area contributed by atoms with E-state index in [2.05, 4.69) is 17.5 Å². The lowest BCUT2D eigenvalue weighted by Crippen LogP contribution is -2.26. The van der Waals surface area contributed by atoms with Crippen LogP contribution in [0.2, 0.25) is 0 Å². The van der Waals surface area contributed by atoms with E-state index in [1.165, 1.54) is 32.1 Å². The number of urea groups is 1. The third-order valence-electron chi connectivity index (χ3n) is 3.18. The van der Waals surface area contributed by atoms with Gasteiger partial charge in [0.05, 0.1) is 5.71 Å². The fourth-order valence-electron chi connectivity index (χ4n) is 2.09. The number of hydrogen-bond donors (Lipinski definition) is 2. The van der Waals surface area contributed by atoms with Gasteiger partial charge in [0.1, 0.15) is 0 Å². The molecular formula is C16H25N3O.